The van der Waals surface area contributed by atoms with E-state index in [-0.39, 0.29) is 12.7 Å². The lowest BCUT2D eigenvalue weighted by molar-refractivity contribution is -0.290. The molecule has 1 rings (SSSR count). The smallest absolute Gasteiger partial charge is 0.184 e. The molecule has 1 fully saturated rings. The number of ether oxygens (including phenoxy) is 2. The van der Waals surface area contributed by atoms with E-state index in [9.17, 15) is 20.4 Å². The molecular formula is C11H22O6. The van der Waals surface area contributed by atoms with Gasteiger partial charge in [0, 0.05) is 0 Å². The second kappa shape index (κ2) is 6.63. The Morgan fingerprint density at radius 3 is 2.35 bits per heavy atom. The highest BCUT2D eigenvalue weighted by Gasteiger charge is 2.43. The van der Waals surface area contributed by atoms with Crippen molar-refractivity contribution in [1.29, 1.82) is 0 Å². The lowest BCUT2D eigenvalue weighted by Gasteiger charge is -2.38. The molecule has 0 amide bonds. The van der Waals surface area contributed by atoms with Crippen molar-refractivity contribution in [3.63, 3.8) is 0 Å². The maximum atomic E-state index is 9.64. The van der Waals surface area contributed by atoms with Crippen LogP contribution in [0.5, 0.6) is 0 Å². The van der Waals surface area contributed by atoms with E-state index in [4.69, 9.17) is 9.47 Å². The van der Waals surface area contributed by atoms with Gasteiger partial charge in [0.15, 0.2) is 6.29 Å². The second-order valence-corrected chi connectivity index (χ2v) is 4.47. The summed E-state index contributed by atoms with van der Waals surface area (Å²) in [5.41, 5.74) is 0. The summed E-state index contributed by atoms with van der Waals surface area (Å²) in [6.07, 6.45) is -4.61. The Morgan fingerprint density at radius 2 is 1.76 bits per heavy atom. The van der Waals surface area contributed by atoms with E-state index in [0.29, 0.717) is 0 Å². The van der Waals surface area contributed by atoms with Gasteiger partial charge in [0.2, 0.25) is 0 Å². The van der Waals surface area contributed by atoms with E-state index in [2.05, 4.69) is 0 Å². The first-order valence-corrected chi connectivity index (χ1v) is 5.96. The summed E-state index contributed by atoms with van der Waals surface area (Å²) in [5.74, 6) is 0. The van der Waals surface area contributed by atoms with Crippen LogP contribution >= 0.6 is 0 Å². The van der Waals surface area contributed by atoms with Gasteiger partial charge >= 0.3 is 0 Å². The molecule has 6 atom stereocenters. The van der Waals surface area contributed by atoms with Gasteiger partial charge < -0.3 is 29.9 Å². The molecule has 1 aliphatic heterocycles. The molecule has 6 heteroatoms. The number of aliphatic hydroxyl groups is 4. The van der Waals surface area contributed by atoms with Crippen molar-refractivity contribution in [2.45, 2.75) is 63.5 Å². The second-order valence-electron chi connectivity index (χ2n) is 4.47. The number of hydrogen-bond donors (Lipinski definition) is 4. The van der Waals surface area contributed by atoms with E-state index in [1.54, 1.807) is 0 Å². The zero-order valence-corrected chi connectivity index (χ0v) is 10.2. The van der Waals surface area contributed by atoms with Crippen LogP contribution in [0.4, 0.5) is 0 Å². The van der Waals surface area contributed by atoms with E-state index >= 15 is 0 Å². The number of aliphatic hydroxyl groups excluding tert-OH is 4. The molecule has 4 N–H and O–H groups in total. The highest BCUT2D eigenvalue weighted by atomic mass is 16.6. The fraction of sp³-hybridized carbons (Fsp3) is 1.00. The molecule has 17 heavy (non-hydrogen) atoms. The molecule has 0 aromatic rings. The molecule has 0 saturated carbocycles. The summed E-state index contributed by atoms with van der Waals surface area (Å²) in [6.45, 7) is 4.01. The monoisotopic (exact) mass is 250 g/mol. The molecule has 102 valence electrons. The van der Waals surface area contributed by atoms with Crippen LogP contribution in [0.1, 0.15) is 26.7 Å². The van der Waals surface area contributed by atoms with Crippen LogP contribution in [0, 0.1) is 0 Å². The Kier molecular flexibility index (Phi) is 5.78. The fourth-order valence-corrected chi connectivity index (χ4v) is 1.82. The van der Waals surface area contributed by atoms with E-state index < -0.39 is 30.7 Å². The van der Waals surface area contributed by atoms with Gasteiger partial charge in [-0.3, -0.25) is 0 Å². The maximum Gasteiger partial charge on any atom is 0.184 e. The Morgan fingerprint density at radius 1 is 1.12 bits per heavy atom. The zero-order chi connectivity index (χ0) is 13.0. The predicted molar refractivity (Wildman–Crippen MR) is 59.2 cm³/mol. The Labute approximate surface area is 101 Å². The van der Waals surface area contributed by atoms with Crippen molar-refractivity contribution in [2.75, 3.05) is 6.61 Å². The van der Waals surface area contributed by atoms with Gasteiger partial charge in [-0.1, -0.05) is 13.3 Å². The molecule has 1 heterocycles. The van der Waals surface area contributed by atoms with Crippen molar-refractivity contribution in [3.8, 4) is 0 Å². The molecule has 6 nitrogen and oxygen atoms in total. The Balaban J connectivity index is 2.42. The van der Waals surface area contributed by atoms with Crippen LogP contribution in [0.15, 0.2) is 0 Å². The van der Waals surface area contributed by atoms with E-state index in [1.807, 2.05) is 13.8 Å². The molecule has 1 aliphatic rings. The van der Waals surface area contributed by atoms with Gasteiger partial charge in [-0.2, -0.15) is 0 Å². The third-order valence-electron chi connectivity index (χ3n) is 2.93. The van der Waals surface area contributed by atoms with Crippen LogP contribution in [-0.4, -0.2) is 63.8 Å². The van der Waals surface area contributed by atoms with Gasteiger partial charge in [0.05, 0.1) is 12.7 Å². The van der Waals surface area contributed by atoms with Crippen LogP contribution in [-0.2, 0) is 9.47 Å². The van der Waals surface area contributed by atoms with Gasteiger partial charge in [-0.15, -0.1) is 0 Å². The third kappa shape index (κ3) is 3.87. The van der Waals surface area contributed by atoms with Gasteiger partial charge in [-0.25, -0.2) is 0 Å². The van der Waals surface area contributed by atoms with E-state index in [1.165, 1.54) is 0 Å². The minimum atomic E-state index is -1.50. The molecule has 0 aliphatic carbocycles. The first-order valence-electron chi connectivity index (χ1n) is 5.96. The SMILES string of the molecule is CCCC(C)OC[C@H]1O[C@H](O)[C@H](O)[C@@H](O)[C@@H]1O. The average molecular weight is 250 g/mol. The molecule has 0 aromatic carbocycles. The summed E-state index contributed by atoms with van der Waals surface area (Å²) < 4.78 is 10.4. The quantitative estimate of drug-likeness (QED) is 0.499. The number of rotatable bonds is 5. The molecule has 0 aromatic heterocycles. The Hall–Kier alpha value is -0.240. The highest BCUT2D eigenvalue weighted by Crippen LogP contribution is 2.20. The minimum absolute atomic E-state index is 0.0249. The summed E-state index contributed by atoms with van der Waals surface area (Å²) in [4.78, 5) is 0. The molecule has 1 unspecified atom stereocenters. The van der Waals surface area contributed by atoms with Crippen LogP contribution < -0.4 is 0 Å². The van der Waals surface area contributed by atoms with Crippen LogP contribution in [0.3, 0.4) is 0 Å². The maximum absolute atomic E-state index is 9.64. The van der Waals surface area contributed by atoms with Crippen LogP contribution in [0.2, 0.25) is 0 Å². The van der Waals surface area contributed by atoms with E-state index in [0.717, 1.165) is 12.8 Å². The lowest BCUT2D eigenvalue weighted by atomic mass is 9.99. The van der Waals surface area contributed by atoms with Gasteiger partial charge in [-0.05, 0) is 13.3 Å². The number of hydrogen-bond acceptors (Lipinski definition) is 6. The van der Waals surface area contributed by atoms with Gasteiger partial charge in [0.25, 0.3) is 0 Å². The summed E-state index contributed by atoms with van der Waals surface area (Å²) in [7, 11) is 0. The van der Waals surface area contributed by atoms with Crippen molar-refractivity contribution in [1.82, 2.24) is 0 Å². The Bertz CT molecular complexity index is 224. The van der Waals surface area contributed by atoms with Crippen molar-refractivity contribution >= 4 is 0 Å². The summed E-state index contributed by atoms with van der Waals surface area (Å²) in [5, 5.41) is 37.7. The minimum Gasteiger partial charge on any atom is -0.387 e. The van der Waals surface area contributed by atoms with Crippen molar-refractivity contribution in [2.24, 2.45) is 0 Å². The highest BCUT2D eigenvalue weighted by molar-refractivity contribution is 4.88. The fourth-order valence-electron chi connectivity index (χ4n) is 1.82. The first-order chi connectivity index (χ1) is 7.97. The average Bonchev–Trinajstić information content (AvgIpc) is 2.30. The first kappa shape index (κ1) is 14.8. The standard InChI is InChI=1S/C11H22O6/c1-3-4-6(2)16-5-7-8(12)9(13)10(14)11(15)17-7/h6-15H,3-5H2,1-2H3/t6?,7-,8-,9+,10-,11+/m1/s1. The molecule has 0 bridgehead atoms. The lowest BCUT2D eigenvalue weighted by Crippen LogP contribution is -2.58. The van der Waals surface area contributed by atoms with Crippen LogP contribution in [0.25, 0.3) is 0 Å². The molecule has 0 radical (unpaired) electrons. The zero-order valence-electron chi connectivity index (χ0n) is 10.2. The van der Waals surface area contributed by atoms with Crippen molar-refractivity contribution < 1.29 is 29.9 Å². The molecule has 0 spiro atoms. The van der Waals surface area contributed by atoms with Crippen molar-refractivity contribution in [3.05, 3.63) is 0 Å². The predicted octanol–water partition coefficient (Wildman–Crippen LogP) is -1.01. The molecule has 1 saturated heterocycles. The third-order valence-corrected chi connectivity index (χ3v) is 2.93. The summed E-state index contributed by atoms with van der Waals surface area (Å²) >= 11 is 0. The largest absolute Gasteiger partial charge is 0.387 e. The van der Waals surface area contributed by atoms with Gasteiger partial charge in [0.1, 0.15) is 24.4 Å². The normalized spacial score (nSPS) is 40.2. The summed E-state index contributed by atoms with van der Waals surface area (Å²) in [6, 6.07) is 0. The topological polar surface area (TPSA) is 99.4 Å². The molecular weight excluding hydrogens is 228 g/mol.